The summed E-state index contributed by atoms with van der Waals surface area (Å²) in [4.78, 5) is 14.7. The van der Waals surface area contributed by atoms with E-state index in [1.807, 2.05) is 4.90 Å². The Hall–Kier alpha value is -1.12. The summed E-state index contributed by atoms with van der Waals surface area (Å²) in [5, 5.41) is 12.3. The van der Waals surface area contributed by atoms with E-state index in [0.717, 1.165) is 38.8 Å². The number of morpholine rings is 1. The molecular weight excluding hydrogens is 242 g/mol. The average Bonchev–Trinajstić information content (AvgIpc) is 2.48. The second kappa shape index (κ2) is 6.36. The van der Waals surface area contributed by atoms with Crippen molar-refractivity contribution in [2.45, 2.75) is 38.7 Å². The zero-order valence-corrected chi connectivity index (χ0v) is 11.7. The Kier molecular flexibility index (Phi) is 4.78. The summed E-state index contributed by atoms with van der Waals surface area (Å²) in [6.45, 7) is 5.40. The van der Waals surface area contributed by atoms with Gasteiger partial charge in [0.25, 0.3) is 0 Å². The Morgan fingerprint density at radius 3 is 3.11 bits per heavy atom. The fourth-order valence-electron chi connectivity index (χ4n) is 3.20. The van der Waals surface area contributed by atoms with E-state index in [2.05, 4.69) is 18.3 Å². The Bertz CT molecular complexity index is 353. The number of hydrogen-bond donors (Lipinski definition) is 1. The lowest BCUT2D eigenvalue weighted by Crippen LogP contribution is -2.55. The van der Waals surface area contributed by atoms with Crippen LogP contribution in [0.25, 0.3) is 0 Å². The van der Waals surface area contributed by atoms with Gasteiger partial charge in [-0.3, -0.25) is 4.79 Å². The summed E-state index contributed by atoms with van der Waals surface area (Å²) < 4.78 is 5.32. The van der Waals surface area contributed by atoms with Crippen LogP contribution in [0.5, 0.6) is 0 Å². The van der Waals surface area contributed by atoms with Crippen molar-refractivity contribution in [1.29, 1.82) is 5.26 Å². The van der Waals surface area contributed by atoms with Crippen molar-refractivity contribution in [2.24, 2.45) is 5.41 Å². The number of nitriles is 1. The standard InChI is InChI=1S/C14H23N3O2/c1-2-4-14(5-3-6-16-11-14)13(18)17-7-8-19-12(9-15)10-17/h12,16H,2-8,10-11H2,1H3. The highest BCUT2D eigenvalue weighted by Gasteiger charge is 2.42. The van der Waals surface area contributed by atoms with Gasteiger partial charge in [0, 0.05) is 13.1 Å². The molecule has 19 heavy (non-hydrogen) atoms. The lowest BCUT2D eigenvalue weighted by molar-refractivity contribution is -0.149. The molecule has 0 spiro atoms. The molecule has 0 aromatic rings. The fraction of sp³-hybridized carbons (Fsp3) is 0.857. The van der Waals surface area contributed by atoms with E-state index in [1.165, 1.54) is 0 Å². The minimum absolute atomic E-state index is 0.213. The van der Waals surface area contributed by atoms with Crippen molar-refractivity contribution in [3.63, 3.8) is 0 Å². The van der Waals surface area contributed by atoms with Gasteiger partial charge in [-0.25, -0.2) is 0 Å². The molecular formula is C14H23N3O2. The van der Waals surface area contributed by atoms with Crippen LogP contribution in [0.15, 0.2) is 0 Å². The summed E-state index contributed by atoms with van der Waals surface area (Å²) >= 11 is 0. The first-order valence-corrected chi connectivity index (χ1v) is 7.23. The third-order valence-corrected chi connectivity index (χ3v) is 4.15. The number of amides is 1. The van der Waals surface area contributed by atoms with Crippen molar-refractivity contribution < 1.29 is 9.53 Å². The molecule has 1 amide bonds. The first-order valence-electron chi connectivity index (χ1n) is 7.23. The molecule has 0 saturated carbocycles. The molecule has 0 bridgehead atoms. The maximum atomic E-state index is 12.8. The number of ether oxygens (including phenoxy) is 1. The molecule has 0 aliphatic carbocycles. The van der Waals surface area contributed by atoms with Crippen LogP contribution in [0.3, 0.4) is 0 Å². The van der Waals surface area contributed by atoms with Crippen molar-refractivity contribution in [1.82, 2.24) is 10.2 Å². The third-order valence-electron chi connectivity index (χ3n) is 4.15. The van der Waals surface area contributed by atoms with Gasteiger partial charge in [-0.1, -0.05) is 13.3 Å². The zero-order chi connectivity index (χ0) is 13.7. The van der Waals surface area contributed by atoms with Crippen LogP contribution in [-0.4, -0.2) is 49.7 Å². The Balaban J connectivity index is 2.08. The van der Waals surface area contributed by atoms with E-state index in [1.54, 1.807) is 0 Å². The van der Waals surface area contributed by atoms with Crippen LogP contribution in [0.1, 0.15) is 32.6 Å². The molecule has 5 heteroatoms. The molecule has 5 nitrogen and oxygen atoms in total. The van der Waals surface area contributed by atoms with Crippen LogP contribution in [0, 0.1) is 16.7 Å². The van der Waals surface area contributed by atoms with Gasteiger partial charge in [0.1, 0.15) is 0 Å². The molecule has 1 N–H and O–H groups in total. The van der Waals surface area contributed by atoms with E-state index < -0.39 is 6.10 Å². The zero-order valence-electron chi connectivity index (χ0n) is 11.7. The molecule has 0 radical (unpaired) electrons. The molecule has 2 unspecified atom stereocenters. The fourth-order valence-corrected chi connectivity index (χ4v) is 3.20. The van der Waals surface area contributed by atoms with Crippen molar-refractivity contribution >= 4 is 5.91 Å². The molecule has 2 saturated heterocycles. The number of carbonyl (C=O) groups is 1. The van der Waals surface area contributed by atoms with Gasteiger partial charge in [-0.2, -0.15) is 5.26 Å². The van der Waals surface area contributed by atoms with Gasteiger partial charge in [-0.15, -0.1) is 0 Å². The second-order valence-corrected chi connectivity index (χ2v) is 5.55. The topological polar surface area (TPSA) is 65.4 Å². The van der Waals surface area contributed by atoms with Gasteiger partial charge in [0.15, 0.2) is 6.10 Å². The Morgan fingerprint density at radius 2 is 2.47 bits per heavy atom. The maximum absolute atomic E-state index is 12.8. The molecule has 0 aromatic heterocycles. The molecule has 2 aliphatic heterocycles. The second-order valence-electron chi connectivity index (χ2n) is 5.55. The van der Waals surface area contributed by atoms with Gasteiger partial charge < -0.3 is 15.0 Å². The lowest BCUT2D eigenvalue weighted by atomic mass is 9.75. The van der Waals surface area contributed by atoms with Crippen LogP contribution in [-0.2, 0) is 9.53 Å². The summed E-state index contributed by atoms with van der Waals surface area (Å²) in [5.74, 6) is 0.213. The van der Waals surface area contributed by atoms with Crippen molar-refractivity contribution in [2.75, 3.05) is 32.8 Å². The number of nitrogens with zero attached hydrogens (tertiary/aromatic N) is 2. The van der Waals surface area contributed by atoms with Crippen LogP contribution < -0.4 is 5.32 Å². The van der Waals surface area contributed by atoms with Crippen LogP contribution in [0.2, 0.25) is 0 Å². The number of carbonyl (C=O) groups excluding carboxylic acids is 1. The Morgan fingerprint density at radius 1 is 1.63 bits per heavy atom. The molecule has 2 fully saturated rings. The van der Waals surface area contributed by atoms with Crippen LogP contribution in [0.4, 0.5) is 0 Å². The summed E-state index contributed by atoms with van der Waals surface area (Å²) in [5.41, 5.74) is -0.260. The monoisotopic (exact) mass is 265 g/mol. The molecule has 106 valence electrons. The highest BCUT2D eigenvalue weighted by molar-refractivity contribution is 5.83. The summed E-state index contributed by atoms with van der Waals surface area (Å²) in [6.07, 6.45) is 3.49. The first kappa shape index (κ1) is 14.3. The van der Waals surface area contributed by atoms with E-state index in [0.29, 0.717) is 19.7 Å². The largest absolute Gasteiger partial charge is 0.360 e. The lowest BCUT2D eigenvalue weighted by Gasteiger charge is -2.41. The maximum Gasteiger partial charge on any atom is 0.230 e. The Labute approximate surface area is 114 Å². The summed E-state index contributed by atoms with van der Waals surface area (Å²) in [6, 6.07) is 2.10. The highest BCUT2D eigenvalue weighted by Crippen LogP contribution is 2.34. The van der Waals surface area contributed by atoms with Gasteiger partial charge in [0.05, 0.1) is 24.6 Å². The van der Waals surface area contributed by atoms with Crippen LogP contribution >= 0.6 is 0 Å². The molecule has 2 atom stereocenters. The average molecular weight is 265 g/mol. The van der Waals surface area contributed by atoms with Gasteiger partial charge in [-0.05, 0) is 25.8 Å². The quantitative estimate of drug-likeness (QED) is 0.823. The van der Waals surface area contributed by atoms with E-state index in [9.17, 15) is 4.79 Å². The number of piperidine rings is 1. The van der Waals surface area contributed by atoms with Gasteiger partial charge >= 0.3 is 0 Å². The summed E-state index contributed by atoms with van der Waals surface area (Å²) in [7, 11) is 0. The first-order chi connectivity index (χ1) is 9.22. The molecule has 0 aromatic carbocycles. The third kappa shape index (κ3) is 3.07. The number of rotatable bonds is 3. The predicted octanol–water partition coefficient (Wildman–Crippen LogP) is 0.907. The normalized spacial score (nSPS) is 31.8. The van der Waals surface area contributed by atoms with E-state index in [-0.39, 0.29) is 11.3 Å². The molecule has 2 rings (SSSR count). The minimum Gasteiger partial charge on any atom is -0.360 e. The minimum atomic E-state index is -0.465. The smallest absolute Gasteiger partial charge is 0.230 e. The highest BCUT2D eigenvalue weighted by atomic mass is 16.5. The van der Waals surface area contributed by atoms with Crippen molar-refractivity contribution in [3.05, 3.63) is 0 Å². The number of hydrogen-bond acceptors (Lipinski definition) is 4. The molecule has 2 heterocycles. The SMILES string of the molecule is CCCC1(C(=O)N2CCOC(C#N)C2)CCCNC1. The van der Waals surface area contributed by atoms with E-state index in [4.69, 9.17) is 10.00 Å². The number of nitrogens with one attached hydrogen (secondary N) is 1. The predicted molar refractivity (Wildman–Crippen MR) is 71.4 cm³/mol. The van der Waals surface area contributed by atoms with Gasteiger partial charge in [0.2, 0.25) is 5.91 Å². The van der Waals surface area contributed by atoms with E-state index >= 15 is 0 Å². The molecule has 2 aliphatic rings. The van der Waals surface area contributed by atoms with Crippen molar-refractivity contribution in [3.8, 4) is 6.07 Å².